The van der Waals surface area contributed by atoms with Crippen molar-refractivity contribution in [2.45, 2.75) is 0 Å². The molecule has 0 aliphatic carbocycles. The van der Waals surface area contributed by atoms with E-state index in [1.807, 2.05) is 30.3 Å². The second-order valence-electron chi connectivity index (χ2n) is 3.39. The Morgan fingerprint density at radius 3 is 2.12 bits per heavy atom. The molecule has 2 aromatic carbocycles. The van der Waals surface area contributed by atoms with Gasteiger partial charge in [-0.25, -0.2) is 0 Å². The van der Waals surface area contributed by atoms with E-state index >= 15 is 0 Å². The summed E-state index contributed by atoms with van der Waals surface area (Å²) >= 11 is -0.161. The number of hydrogen-bond donors (Lipinski definition) is 0. The molecule has 2 nitrogen and oxygen atoms in total. The van der Waals surface area contributed by atoms with Crippen LogP contribution in [-0.4, -0.2) is 13.1 Å². The van der Waals surface area contributed by atoms with Crippen LogP contribution < -0.4 is 21.2 Å². The normalized spacial score (nSPS) is 10.2. The average Bonchev–Trinajstić information content (AvgIpc) is 2.40. The molecule has 0 amide bonds. The van der Waals surface area contributed by atoms with Crippen molar-refractivity contribution in [3.05, 3.63) is 67.3 Å². The molecule has 0 atom stereocenters. The van der Waals surface area contributed by atoms with Gasteiger partial charge < -0.3 is 0 Å². The molecule has 0 N–H and O–H groups in total. The molecule has 17 heavy (non-hydrogen) atoms. The third kappa shape index (κ3) is 3.30. The fourth-order valence-corrected chi connectivity index (χ4v) is 3.58. The Kier molecular flexibility index (Phi) is 4.14. The Morgan fingerprint density at radius 2 is 1.53 bits per heavy atom. The van der Waals surface area contributed by atoms with Crippen LogP contribution in [0.5, 0.6) is 0 Å². The van der Waals surface area contributed by atoms with Crippen LogP contribution in [0.2, 0.25) is 0 Å². The molecule has 88 valence electrons. The molecule has 0 unspecified atom stereocenters. The van der Waals surface area contributed by atoms with Crippen molar-refractivity contribution >= 4 is 5.97 Å². The summed E-state index contributed by atoms with van der Waals surface area (Å²) in [6.07, 6.45) is 0. The Bertz CT molecular complexity index is 491. The van der Waals surface area contributed by atoms with E-state index in [1.54, 1.807) is 0 Å². The van der Waals surface area contributed by atoms with Crippen LogP contribution in [0.25, 0.3) is 0 Å². The number of carbonyl (C=O) groups is 1. The fourth-order valence-electron chi connectivity index (χ4n) is 1.37. The van der Waals surface area contributed by atoms with Gasteiger partial charge in [-0.05, 0) is 0 Å². The number of hydrogen-bond acceptors (Lipinski definition) is 2. The van der Waals surface area contributed by atoms with Crippen molar-refractivity contribution in [1.82, 2.24) is 0 Å². The number of ether oxygens (including phenoxy) is 1. The van der Waals surface area contributed by atoms with Crippen LogP contribution in [0.15, 0.2) is 54.6 Å². The number of esters is 1. The number of benzene rings is 2. The molecule has 2 rings (SSSR count). The molecule has 0 saturated carbocycles. The van der Waals surface area contributed by atoms with Crippen molar-refractivity contribution in [2.75, 3.05) is 7.11 Å². The molecule has 0 bridgehead atoms. The van der Waals surface area contributed by atoms with Crippen molar-refractivity contribution in [2.24, 2.45) is 0 Å². The SMILES string of the molecule is COC(=O)c1ccc([I-]c2ccccc2)cc1. The predicted molar refractivity (Wildman–Crippen MR) is 61.6 cm³/mol. The monoisotopic (exact) mass is 339 g/mol. The molecule has 0 aliphatic rings. The summed E-state index contributed by atoms with van der Waals surface area (Å²) in [4.78, 5) is 11.3. The molecular weight excluding hydrogens is 327 g/mol. The first-order valence-corrected chi connectivity index (χ1v) is 7.33. The second kappa shape index (κ2) is 5.82. The van der Waals surface area contributed by atoms with Crippen LogP contribution in [0.3, 0.4) is 0 Å². The maximum atomic E-state index is 11.3. The number of methoxy groups -OCH3 is 1. The molecular formula is C14H12IO2-. The van der Waals surface area contributed by atoms with Gasteiger partial charge in [0, 0.05) is 0 Å². The number of carbonyl (C=O) groups excluding carboxylic acids is 1. The Labute approximate surface area is 111 Å². The van der Waals surface area contributed by atoms with Crippen molar-refractivity contribution in [3.8, 4) is 0 Å². The quantitative estimate of drug-likeness (QED) is 0.562. The minimum absolute atomic E-state index is 0.161. The summed E-state index contributed by atoms with van der Waals surface area (Å²) in [7, 11) is 1.40. The zero-order chi connectivity index (χ0) is 12.1. The van der Waals surface area contributed by atoms with E-state index in [1.165, 1.54) is 14.3 Å². The molecule has 0 fully saturated rings. The van der Waals surface area contributed by atoms with E-state index in [-0.39, 0.29) is 27.2 Å². The van der Waals surface area contributed by atoms with Gasteiger partial charge in [0.25, 0.3) is 0 Å². The minimum atomic E-state index is -0.283. The fraction of sp³-hybridized carbons (Fsp3) is 0.0714. The summed E-state index contributed by atoms with van der Waals surface area (Å²) in [6.45, 7) is 0. The molecule has 2 aromatic rings. The Morgan fingerprint density at radius 1 is 0.941 bits per heavy atom. The van der Waals surface area contributed by atoms with Crippen molar-refractivity contribution in [1.29, 1.82) is 0 Å². The van der Waals surface area contributed by atoms with E-state index in [9.17, 15) is 4.79 Å². The molecule has 0 aromatic heterocycles. The van der Waals surface area contributed by atoms with E-state index in [4.69, 9.17) is 0 Å². The van der Waals surface area contributed by atoms with E-state index < -0.39 is 0 Å². The standard InChI is InChI=1S/C14H12IO2/c1-17-14(16)11-7-9-13(10-8-11)15-12-5-3-2-4-6-12/h2-10H,1H3/q-1. The van der Waals surface area contributed by atoms with E-state index in [2.05, 4.69) is 29.0 Å². The van der Waals surface area contributed by atoms with Crippen LogP contribution in [0.1, 0.15) is 10.4 Å². The van der Waals surface area contributed by atoms with Gasteiger partial charge in [-0.3, -0.25) is 0 Å². The topological polar surface area (TPSA) is 26.3 Å². The molecule has 0 saturated heterocycles. The van der Waals surface area contributed by atoms with Crippen LogP contribution in [0, 0.1) is 7.14 Å². The van der Waals surface area contributed by atoms with Gasteiger partial charge in [-0.2, -0.15) is 0 Å². The van der Waals surface area contributed by atoms with Crippen LogP contribution in [0.4, 0.5) is 0 Å². The first kappa shape index (κ1) is 12.1. The van der Waals surface area contributed by atoms with Gasteiger partial charge >= 0.3 is 111 Å². The molecule has 0 heterocycles. The molecule has 0 spiro atoms. The van der Waals surface area contributed by atoms with Gasteiger partial charge in [0.1, 0.15) is 0 Å². The Hall–Kier alpha value is -1.36. The summed E-state index contributed by atoms with van der Waals surface area (Å²) in [5, 5.41) is 0. The first-order chi connectivity index (χ1) is 8.29. The summed E-state index contributed by atoms with van der Waals surface area (Å²) < 4.78 is 7.33. The predicted octanol–water partition coefficient (Wildman–Crippen LogP) is -0.398. The third-order valence-electron chi connectivity index (χ3n) is 2.22. The van der Waals surface area contributed by atoms with Gasteiger partial charge in [0.2, 0.25) is 0 Å². The first-order valence-electron chi connectivity index (χ1n) is 5.18. The molecule has 0 radical (unpaired) electrons. The van der Waals surface area contributed by atoms with Crippen LogP contribution >= 0.6 is 0 Å². The summed E-state index contributed by atoms with van der Waals surface area (Å²) in [5.41, 5.74) is 0.605. The molecule has 3 heteroatoms. The summed E-state index contributed by atoms with van der Waals surface area (Å²) in [6, 6.07) is 18.1. The van der Waals surface area contributed by atoms with Gasteiger partial charge in [-0.1, -0.05) is 0 Å². The van der Waals surface area contributed by atoms with Gasteiger partial charge in [0.15, 0.2) is 0 Å². The van der Waals surface area contributed by atoms with E-state index in [0.717, 1.165) is 0 Å². The molecule has 0 aliphatic heterocycles. The third-order valence-corrected chi connectivity index (χ3v) is 4.90. The van der Waals surface area contributed by atoms with Crippen LogP contribution in [-0.2, 0) is 4.74 Å². The van der Waals surface area contributed by atoms with Crippen molar-refractivity contribution in [3.63, 3.8) is 0 Å². The second-order valence-corrected chi connectivity index (χ2v) is 6.42. The average molecular weight is 339 g/mol. The van der Waals surface area contributed by atoms with Gasteiger partial charge in [-0.15, -0.1) is 0 Å². The van der Waals surface area contributed by atoms with Crippen molar-refractivity contribution < 1.29 is 30.7 Å². The zero-order valence-corrected chi connectivity index (χ0v) is 11.5. The maximum absolute atomic E-state index is 11.3. The summed E-state index contributed by atoms with van der Waals surface area (Å²) in [5.74, 6) is -0.283. The zero-order valence-electron chi connectivity index (χ0n) is 9.39. The number of halogens is 1. The Balaban J connectivity index is 2.11. The van der Waals surface area contributed by atoms with Gasteiger partial charge in [0.05, 0.1) is 0 Å². The number of rotatable bonds is 3. The van der Waals surface area contributed by atoms with E-state index in [0.29, 0.717) is 5.56 Å².